The molecule has 0 bridgehead atoms. The van der Waals surface area contributed by atoms with Crippen molar-refractivity contribution < 1.29 is 9.21 Å². The number of nitrogens with zero attached hydrogens (tertiary/aromatic N) is 3. The predicted molar refractivity (Wildman–Crippen MR) is 90.1 cm³/mol. The summed E-state index contributed by atoms with van der Waals surface area (Å²) in [5, 5.41) is 8.92. The molecule has 122 valence electrons. The van der Waals surface area contributed by atoms with Crippen LogP contribution in [0.3, 0.4) is 0 Å². The summed E-state index contributed by atoms with van der Waals surface area (Å²) in [6.07, 6.45) is 3.08. The standard InChI is InChI=1S/C16H14N4O3S/c1-10(15(21)17-8-11-3-2-6-24-11)20-16(22)13-7-14-12(4-5-23-14)19(13)9-18-20/h2-7,9-10H,8H2,1H3,(H,17,21)/t10-/m0/s1. The number of amides is 1. The highest BCUT2D eigenvalue weighted by Gasteiger charge is 2.19. The number of hydrogen-bond acceptors (Lipinski definition) is 5. The largest absolute Gasteiger partial charge is 0.463 e. The Labute approximate surface area is 140 Å². The Bertz CT molecular complexity index is 1070. The average molecular weight is 342 g/mol. The summed E-state index contributed by atoms with van der Waals surface area (Å²) in [5.41, 5.74) is 1.48. The van der Waals surface area contributed by atoms with E-state index in [0.29, 0.717) is 17.6 Å². The summed E-state index contributed by atoms with van der Waals surface area (Å²) < 4.78 is 8.16. The number of rotatable bonds is 4. The van der Waals surface area contributed by atoms with Crippen LogP contribution in [-0.2, 0) is 11.3 Å². The fourth-order valence-electron chi connectivity index (χ4n) is 2.63. The molecule has 7 nitrogen and oxygen atoms in total. The van der Waals surface area contributed by atoms with Crippen molar-refractivity contribution in [3.05, 3.63) is 57.5 Å². The highest BCUT2D eigenvalue weighted by Crippen LogP contribution is 2.18. The van der Waals surface area contributed by atoms with Crippen LogP contribution in [-0.4, -0.2) is 20.1 Å². The summed E-state index contributed by atoms with van der Waals surface area (Å²) in [6.45, 7) is 2.09. The van der Waals surface area contributed by atoms with Gasteiger partial charge in [-0.25, -0.2) is 4.68 Å². The first-order valence-electron chi connectivity index (χ1n) is 7.41. The Morgan fingerprint density at radius 1 is 1.42 bits per heavy atom. The topological polar surface area (TPSA) is 81.5 Å². The summed E-state index contributed by atoms with van der Waals surface area (Å²) in [5.74, 6) is -0.252. The minimum Gasteiger partial charge on any atom is -0.463 e. The fourth-order valence-corrected chi connectivity index (χ4v) is 3.28. The number of furan rings is 1. The van der Waals surface area contributed by atoms with Crippen LogP contribution in [0.5, 0.6) is 0 Å². The smallest absolute Gasteiger partial charge is 0.291 e. The first kappa shape index (κ1) is 14.7. The molecule has 4 aromatic heterocycles. The third-order valence-electron chi connectivity index (χ3n) is 3.94. The summed E-state index contributed by atoms with van der Waals surface area (Å²) >= 11 is 1.57. The molecule has 0 spiro atoms. The molecule has 8 heteroatoms. The van der Waals surface area contributed by atoms with E-state index in [-0.39, 0.29) is 11.5 Å². The monoisotopic (exact) mass is 342 g/mol. The molecule has 1 N–H and O–H groups in total. The van der Waals surface area contributed by atoms with Crippen LogP contribution in [0.25, 0.3) is 16.6 Å². The molecule has 24 heavy (non-hydrogen) atoms. The highest BCUT2D eigenvalue weighted by molar-refractivity contribution is 7.09. The van der Waals surface area contributed by atoms with E-state index in [9.17, 15) is 9.59 Å². The van der Waals surface area contributed by atoms with E-state index in [0.717, 1.165) is 10.4 Å². The second-order valence-electron chi connectivity index (χ2n) is 5.42. The fraction of sp³-hybridized carbons (Fsp3) is 0.188. The van der Waals surface area contributed by atoms with Crippen molar-refractivity contribution in [3.63, 3.8) is 0 Å². The molecule has 0 aromatic carbocycles. The molecule has 4 rings (SSSR count). The van der Waals surface area contributed by atoms with Gasteiger partial charge in [0.15, 0.2) is 5.58 Å². The lowest BCUT2D eigenvalue weighted by atomic mass is 10.3. The Kier molecular flexibility index (Phi) is 3.46. The molecule has 0 aliphatic heterocycles. The summed E-state index contributed by atoms with van der Waals surface area (Å²) in [4.78, 5) is 26.0. The molecular weight excluding hydrogens is 328 g/mol. The Hall–Kier alpha value is -2.87. The number of hydrogen-bond donors (Lipinski definition) is 1. The molecule has 0 saturated heterocycles. The molecular formula is C16H14N4O3S. The molecule has 1 atom stereocenters. The first-order chi connectivity index (χ1) is 11.6. The third kappa shape index (κ3) is 2.31. The van der Waals surface area contributed by atoms with Gasteiger partial charge in [-0.1, -0.05) is 6.07 Å². The minimum atomic E-state index is -0.705. The molecule has 1 amide bonds. The summed E-state index contributed by atoms with van der Waals surface area (Å²) in [6, 6.07) is 6.60. The van der Waals surface area contributed by atoms with Gasteiger partial charge in [0.05, 0.1) is 18.3 Å². The van der Waals surface area contributed by atoms with Crippen molar-refractivity contribution in [3.8, 4) is 0 Å². The third-order valence-corrected chi connectivity index (χ3v) is 4.82. The van der Waals surface area contributed by atoms with E-state index in [1.807, 2.05) is 17.5 Å². The van der Waals surface area contributed by atoms with Crippen LogP contribution in [0.4, 0.5) is 0 Å². The van der Waals surface area contributed by atoms with E-state index >= 15 is 0 Å². The van der Waals surface area contributed by atoms with E-state index in [4.69, 9.17) is 4.42 Å². The second kappa shape index (κ2) is 5.64. The van der Waals surface area contributed by atoms with Crippen molar-refractivity contribution in [2.45, 2.75) is 19.5 Å². The van der Waals surface area contributed by atoms with E-state index < -0.39 is 6.04 Å². The lowest BCUT2D eigenvalue weighted by Gasteiger charge is -2.13. The maximum absolute atomic E-state index is 12.6. The number of nitrogens with one attached hydrogen (secondary N) is 1. The van der Waals surface area contributed by atoms with E-state index in [1.165, 1.54) is 11.0 Å². The van der Waals surface area contributed by atoms with Crippen LogP contribution in [0.2, 0.25) is 0 Å². The van der Waals surface area contributed by atoms with Crippen molar-refractivity contribution in [1.82, 2.24) is 19.5 Å². The van der Waals surface area contributed by atoms with Gasteiger partial charge in [-0.05, 0) is 18.4 Å². The van der Waals surface area contributed by atoms with Gasteiger partial charge in [0, 0.05) is 17.0 Å². The Morgan fingerprint density at radius 2 is 2.29 bits per heavy atom. The summed E-state index contributed by atoms with van der Waals surface area (Å²) in [7, 11) is 0. The maximum Gasteiger partial charge on any atom is 0.291 e. The van der Waals surface area contributed by atoms with Gasteiger partial charge in [0.2, 0.25) is 5.91 Å². The Morgan fingerprint density at radius 3 is 3.08 bits per heavy atom. The van der Waals surface area contributed by atoms with Gasteiger partial charge in [-0.3, -0.25) is 14.0 Å². The molecule has 4 aromatic rings. The molecule has 0 fully saturated rings. The number of fused-ring (bicyclic) bond motifs is 3. The van der Waals surface area contributed by atoms with Crippen LogP contribution >= 0.6 is 11.3 Å². The average Bonchev–Trinajstić information content (AvgIpc) is 3.29. The highest BCUT2D eigenvalue weighted by atomic mass is 32.1. The van der Waals surface area contributed by atoms with Crippen molar-refractivity contribution in [1.29, 1.82) is 0 Å². The zero-order valence-electron chi connectivity index (χ0n) is 12.8. The van der Waals surface area contributed by atoms with E-state index in [2.05, 4.69) is 10.4 Å². The zero-order chi connectivity index (χ0) is 16.7. The molecule has 0 unspecified atom stereocenters. The molecule has 0 aliphatic rings. The zero-order valence-corrected chi connectivity index (χ0v) is 13.6. The SMILES string of the molecule is C[C@@H](C(=O)NCc1cccs1)n1ncn2c(cc3occc32)c1=O. The predicted octanol–water partition coefficient (Wildman–Crippen LogP) is 2.18. The van der Waals surface area contributed by atoms with Gasteiger partial charge < -0.3 is 9.73 Å². The second-order valence-corrected chi connectivity index (χ2v) is 6.46. The molecule has 0 radical (unpaired) electrons. The van der Waals surface area contributed by atoms with Gasteiger partial charge in [0.25, 0.3) is 5.56 Å². The number of thiophene rings is 1. The van der Waals surface area contributed by atoms with Gasteiger partial charge in [0.1, 0.15) is 17.9 Å². The minimum absolute atomic E-state index is 0.252. The first-order valence-corrected chi connectivity index (χ1v) is 8.29. The quantitative estimate of drug-likeness (QED) is 0.616. The lowest BCUT2D eigenvalue weighted by Crippen LogP contribution is -2.37. The van der Waals surface area contributed by atoms with Crippen LogP contribution in [0, 0.1) is 0 Å². The Balaban J connectivity index is 1.63. The van der Waals surface area contributed by atoms with Crippen LogP contribution < -0.4 is 10.9 Å². The molecule has 4 heterocycles. The molecule has 0 saturated carbocycles. The maximum atomic E-state index is 12.6. The van der Waals surface area contributed by atoms with Crippen molar-refractivity contribution in [2.24, 2.45) is 0 Å². The van der Waals surface area contributed by atoms with Crippen molar-refractivity contribution >= 4 is 33.9 Å². The molecule has 0 aliphatic carbocycles. The van der Waals surface area contributed by atoms with Crippen molar-refractivity contribution in [2.75, 3.05) is 0 Å². The number of aromatic nitrogens is 3. The van der Waals surface area contributed by atoms with Gasteiger partial charge in [-0.2, -0.15) is 5.10 Å². The van der Waals surface area contributed by atoms with Gasteiger partial charge >= 0.3 is 0 Å². The van der Waals surface area contributed by atoms with E-state index in [1.54, 1.807) is 41.1 Å². The van der Waals surface area contributed by atoms with Gasteiger partial charge in [-0.15, -0.1) is 11.3 Å². The normalized spacial score (nSPS) is 12.7. The van der Waals surface area contributed by atoms with Crippen LogP contribution in [0.15, 0.2) is 51.4 Å². The number of carbonyl (C=O) groups excluding carboxylic acids is 1. The van der Waals surface area contributed by atoms with Crippen LogP contribution in [0.1, 0.15) is 17.8 Å². The number of carbonyl (C=O) groups is 1. The lowest BCUT2D eigenvalue weighted by molar-refractivity contribution is -0.124.